The van der Waals surface area contributed by atoms with Crippen LogP contribution in [0.4, 0.5) is 5.13 Å². The van der Waals surface area contributed by atoms with Crippen LogP contribution in [0.15, 0.2) is 24.3 Å². The summed E-state index contributed by atoms with van der Waals surface area (Å²) in [6, 6.07) is 8.30. The van der Waals surface area contributed by atoms with E-state index >= 15 is 0 Å². The summed E-state index contributed by atoms with van der Waals surface area (Å²) < 4.78 is 2.29. The van der Waals surface area contributed by atoms with E-state index in [1.165, 1.54) is 21.0 Å². The summed E-state index contributed by atoms with van der Waals surface area (Å²) in [4.78, 5) is 12.8. The Morgan fingerprint density at radius 2 is 1.86 bits per heavy atom. The number of nitrogen functional groups attached to an aromatic ring is 1. The third-order valence-electron chi connectivity index (χ3n) is 3.77. The number of nitrogens with zero attached hydrogens (tertiary/aromatic N) is 3. The molecule has 4 aromatic rings. The first-order valence-corrected chi connectivity index (χ1v) is 8.09. The Morgan fingerprint density at radius 1 is 1.05 bits per heavy atom. The third-order valence-corrected chi connectivity index (χ3v) is 5.81. The largest absolute Gasteiger partial charge is 0.375 e. The molecule has 114 valence electrons. The second kappa shape index (κ2) is 5.59. The number of hydrogen-bond acceptors (Lipinski definition) is 5. The maximum atomic E-state index is 5.87. The van der Waals surface area contributed by atoms with E-state index in [1.807, 2.05) is 6.07 Å². The highest BCUT2D eigenvalue weighted by Crippen LogP contribution is 2.42. The molecule has 0 aliphatic heterocycles. The van der Waals surface area contributed by atoms with Crippen molar-refractivity contribution < 1.29 is 0 Å². The van der Waals surface area contributed by atoms with Crippen LogP contribution in [0.3, 0.4) is 0 Å². The molecule has 3 heterocycles. The van der Waals surface area contributed by atoms with E-state index < -0.39 is 0 Å². The Kier molecular flexibility index (Phi) is 4.05. The van der Waals surface area contributed by atoms with Crippen molar-refractivity contribution in [1.29, 1.82) is 0 Å². The fourth-order valence-electron chi connectivity index (χ4n) is 2.94. The molecule has 0 saturated carbocycles. The van der Waals surface area contributed by atoms with E-state index in [1.54, 1.807) is 22.7 Å². The number of aryl methyl sites for hydroxylation is 2. The summed E-state index contributed by atoms with van der Waals surface area (Å²) in [6.45, 7) is 0. The van der Waals surface area contributed by atoms with E-state index in [-0.39, 0.29) is 34.0 Å². The average Bonchev–Trinajstić information content (AvgIpc) is 3.07. The van der Waals surface area contributed by atoms with Crippen molar-refractivity contribution in [3.8, 4) is 10.6 Å². The predicted octanol–water partition coefficient (Wildman–Crippen LogP) is 4.51. The standard InChI is InChI=1S/C14H10N4S2.2BrH/c15-13-17-11-10(19-13)6-5-9-12(11)20-14-16-7-3-1-2-4-8(7)18(9)14;;/h1-4H,5-6H2,(H2,15,17);2*1H. The van der Waals surface area contributed by atoms with Crippen molar-refractivity contribution in [2.75, 3.05) is 5.73 Å². The second-order valence-electron chi connectivity index (χ2n) is 4.92. The Morgan fingerprint density at radius 3 is 2.73 bits per heavy atom. The SMILES string of the molecule is Br.Br.Nc1nc2c(s1)CCc1c-2sc2nc3ccccc3n12. The first-order valence-electron chi connectivity index (χ1n) is 6.45. The molecule has 0 spiro atoms. The normalized spacial score (nSPS) is 12.5. The fraction of sp³-hybridized carbons (Fsp3) is 0.143. The highest BCUT2D eigenvalue weighted by molar-refractivity contribution is 8.93. The Bertz CT molecular complexity index is 986. The van der Waals surface area contributed by atoms with Crippen LogP contribution in [0.5, 0.6) is 0 Å². The van der Waals surface area contributed by atoms with E-state index in [0.29, 0.717) is 5.13 Å². The Hall–Kier alpha value is -0.960. The van der Waals surface area contributed by atoms with Crippen molar-refractivity contribution in [3.05, 3.63) is 34.8 Å². The van der Waals surface area contributed by atoms with Gasteiger partial charge in [0.05, 0.1) is 21.6 Å². The molecule has 2 N–H and O–H groups in total. The minimum absolute atomic E-state index is 0. The summed E-state index contributed by atoms with van der Waals surface area (Å²) in [6.07, 6.45) is 2.06. The smallest absolute Gasteiger partial charge is 0.195 e. The quantitative estimate of drug-likeness (QED) is 0.420. The van der Waals surface area contributed by atoms with Gasteiger partial charge in [0.15, 0.2) is 10.1 Å². The molecular weight excluding hydrogens is 448 g/mol. The van der Waals surface area contributed by atoms with Gasteiger partial charge in [-0.25, -0.2) is 9.97 Å². The maximum Gasteiger partial charge on any atom is 0.195 e. The molecule has 8 heteroatoms. The fourth-order valence-corrected chi connectivity index (χ4v) is 5.05. The number of aromatic nitrogens is 3. The highest BCUT2D eigenvalue weighted by atomic mass is 79.9. The summed E-state index contributed by atoms with van der Waals surface area (Å²) in [5, 5.41) is 0.666. The summed E-state index contributed by atoms with van der Waals surface area (Å²) in [7, 11) is 0. The van der Waals surface area contributed by atoms with Gasteiger partial charge in [0.2, 0.25) is 0 Å². The van der Waals surface area contributed by atoms with Crippen LogP contribution in [-0.2, 0) is 12.8 Å². The van der Waals surface area contributed by atoms with Crippen molar-refractivity contribution in [2.45, 2.75) is 12.8 Å². The van der Waals surface area contributed by atoms with Crippen molar-refractivity contribution >= 4 is 77.8 Å². The third kappa shape index (κ3) is 2.05. The van der Waals surface area contributed by atoms with Crippen molar-refractivity contribution in [1.82, 2.24) is 14.4 Å². The van der Waals surface area contributed by atoms with Gasteiger partial charge in [-0.2, -0.15) is 0 Å². The number of thiazole rings is 2. The lowest BCUT2D eigenvalue weighted by atomic mass is 10.1. The second-order valence-corrected chi connectivity index (χ2v) is 7.01. The van der Waals surface area contributed by atoms with Gasteiger partial charge in [-0.05, 0) is 25.0 Å². The molecular formula is C14H12Br2N4S2. The molecule has 0 saturated heterocycles. The van der Waals surface area contributed by atoms with Gasteiger partial charge in [-0.15, -0.1) is 45.3 Å². The van der Waals surface area contributed by atoms with Crippen LogP contribution in [0.1, 0.15) is 10.6 Å². The van der Waals surface area contributed by atoms with E-state index in [0.717, 1.165) is 29.0 Å². The van der Waals surface area contributed by atoms with E-state index in [9.17, 15) is 0 Å². The summed E-state index contributed by atoms with van der Waals surface area (Å²) in [5.74, 6) is 0. The zero-order chi connectivity index (χ0) is 13.3. The summed E-state index contributed by atoms with van der Waals surface area (Å²) >= 11 is 3.34. The number of fused-ring (bicyclic) bond motifs is 7. The molecule has 1 aromatic carbocycles. The zero-order valence-electron chi connectivity index (χ0n) is 11.3. The minimum Gasteiger partial charge on any atom is -0.375 e. The molecule has 3 aromatic heterocycles. The summed E-state index contributed by atoms with van der Waals surface area (Å²) in [5.41, 5.74) is 10.5. The molecule has 1 aliphatic carbocycles. The molecule has 4 nitrogen and oxygen atoms in total. The predicted molar refractivity (Wildman–Crippen MR) is 104 cm³/mol. The lowest BCUT2D eigenvalue weighted by molar-refractivity contribution is 0.904. The molecule has 0 fully saturated rings. The molecule has 0 bridgehead atoms. The molecule has 0 amide bonds. The van der Waals surface area contributed by atoms with Gasteiger partial charge in [0.1, 0.15) is 0 Å². The molecule has 0 atom stereocenters. The highest BCUT2D eigenvalue weighted by Gasteiger charge is 2.26. The molecule has 0 radical (unpaired) electrons. The number of imidazole rings is 1. The van der Waals surface area contributed by atoms with E-state index in [2.05, 4.69) is 27.6 Å². The van der Waals surface area contributed by atoms with Crippen molar-refractivity contribution in [2.24, 2.45) is 0 Å². The number of hydrogen-bond donors (Lipinski definition) is 1. The first-order chi connectivity index (χ1) is 9.81. The minimum atomic E-state index is 0. The van der Waals surface area contributed by atoms with Crippen LogP contribution in [-0.4, -0.2) is 14.4 Å². The van der Waals surface area contributed by atoms with Crippen LogP contribution < -0.4 is 5.73 Å². The van der Waals surface area contributed by atoms with Gasteiger partial charge in [0.25, 0.3) is 0 Å². The van der Waals surface area contributed by atoms with Crippen molar-refractivity contribution in [3.63, 3.8) is 0 Å². The number of nitrogens with two attached hydrogens (primary N) is 1. The first kappa shape index (κ1) is 15.9. The maximum absolute atomic E-state index is 5.87. The van der Waals surface area contributed by atoms with Crippen LogP contribution in [0, 0.1) is 0 Å². The molecule has 22 heavy (non-hydrogen) atoms. The lowest BCUT2D eigenvalue weighted by Crippen LogP contribution is -2.02. The number of halogens is 2. The monoisotopic (exact) mass is 458 g/mol. The van der Waals surface area contributed by atoms with Gasteiger partial charge >= 0.3 is 0 Å². The van der Waals surface area contributed by atoms with Gasteiger partial charge in [-0.3, -0.25) is 4.40 Å². The Balaban J connectivity index is 0.000000720. The van der Waals surface area contributed by atoms with Crippen LogP contribution in [0.25, 0.3) is 26.6 Å². The number of benzene rings is 1. The number of anilines is 1. The molecule has 0 unspecified atom stereocenters. The molecule has 5 rings (SSSR count). The topological polar surface area (TPSA) is 56.2 Å². The number of para-hydroxylation sites is 2. The number of rotatable bonds is 0. The molecule has 1 aliphatic rings. The Labute approximate surface area is 155 Å². The van der Waals surface area contributed by atoms with E-state index in [4.69, 9.17) is 10.7 Å². The van der Waals surface area contributed by atoms with Gasteiger partial charge in [0, 0.05) is 10.6 Å². The average molecular weight is 460 g/mol. The lowest BCUT2D eigenvalue weighted by Gasteiger charge is -2.10. The van der Waals surface area contributed by atoms with Crippen LogP contribution in [0.2, 0.25) is 0 Å². The van der Waals surface area contributed by atoms with Gasteiger partial charge in [-0.1, -0.05) is 23.5 Å². The van der Waals surface area contributed by atoms with Gasteiger partial charge < -0.3 is 5.73 Å². The van der Waals surface area contributed by atoms with Crippen LogP contribution >= 0.6 is 56.6 Å². The zero-order valence-corrected chi connectivity index (χ0v) is 16.3.